The Morgan fingerprint density at radius 2 is 2.17 bits per heavy atom. The lowest BCUT2D eigenvalue weighted by Crippen LogP contribution is -2.26. The summed E-state index contributed by atoms with van der Waals surface area (Å²) in [7, 11) is 0. The molecule has 0 bridgehead atoms. The predicted molar refractivity (Wildman–Crippen MR) is 62.7 cm³/mol. The van der Waals surface area contributed by atoms with E-state index in [-0.39, 0.29) is 17.0 Å². The summed E-state index contributed by atoms with van der Waals surface area (Å²) in [5.74, 6) is 0.544. The smallest absolute Gasteiger partial charge is 0.230 e. The number of nitrogens with zero attached hydrogens (tertiary/aromatic N) is 2. The Morgan fingerprint density at radius 1 is 1.39 bits per heavy atom. The van der Waals surface area contributed by atoms with Crippen LogP contribution in [0.2, 0.25) is 5.02 Å². The molecule has 4 nitrogen and oxygen atoms in total. The molecule has 2 aromatic rings. The largest absolute Gasteiger partial charge is 0.393 e. The van der Waals surface area contributed by atoms with E-state index in [0.717, 1.165) is 0 Å². The summed E-state index contributed by atoms with van der Waals surface area (Å²) in [4.78, 5) is 4.23. The van der Waals surface area contributed by atoms with Crippen molar-refractivity contribution in [1.29, 1.82) is 0 Å². The molecule has 18 heavy (non-hydrogen) atoms. The van der Waals surface area contributed by atoms with Crippen LogP contribution in [0.25, 0.3) is 11.4 Å². The molecule has 1 saturated carbocycles. The molecule has 0 amide bonds. The van der Waals surface area contributed by atoms with E-state index in [2.05, 4.69) is 10.1 Å². The highest BCUT2D eigenvalue weighted by Crippen LogP contribution is 2.37. The Bertz CT molecular complexity index is 581. The fourth-order valence-corrected chi connectivity index (χ4v) is 2.22. The molecular weight excluding hydrogens is 259 g/mol. The van der Waals surface area contributed by atoms with Gasteiger partial charge in [0.2, 0.25) is 11.7 Å². The highest BCUT2D eigenvalue weighted by atomic mass is 35.5. The molecule has 0 radical (unpaired) electrons. The van der Waals surface area contributed by atoms with Gasteiger partial charge in [0.05, 0.1) is 11.1 Å². The van der Waals surface area contributed by atoms with Gasteiger partial charge in [-0.25, -0.2) is 4.39 Å². The second-order valence-electron chi connectivity index (χ2n) is 4.40. The Balaban J connectivity index is 1.88. The standard InChI is InChI=1S/C12H10ClFN2O2/c13-10-5-7(14)1-2-9(10)11-15-12(18-16-11)6-3-8(17)4-6/h1-2,5-6,8,17H,3-4H2. The van der Waals surface area contributed by atoms with Crippen molar-refractivity contribution in [2.24, 2.45) is 0 Å². The van der Waals surface area contributed by atoms with Crippen LogP contribution in [-0.4, -0.2) is 21.4 Å². The summed E-state index contributed by atoms with van der Waals surface area (Å²) in [5.41, 5.74) is 0.535. The van der Waals surface area contributed by atoms with E-state index in [1.807, 2.05) is 0 Å². The van der Waals surface area contributed by atoms with Crippen molar-refractivity contribution in [3.8, 4) is 11.4 Å². The van der Waals surface area contributed by atoms with Gasteiger partial charge in [0, 0.05) is 11.5 Å². The third-order valence-electron chi connectivity index (χ3n) is 3.08. The molecule has 1 heterocycles. The molecule has 0 aliphatic heterocycles. The number of aliphatic hydroxyl groups is 1. The van der Waals surface area contributed by atoms with Gasteiger partial charge in [0.25, 0.3) is 0 Å². The minimum atomic E-state index is -0.408. The van der Waals surface area contributed by atoms with Gasteiger partial charge in [-0.05, 0) is 31.0 Å². The number of aromatic nitrogens is 2. The maximum Gasteiger partial charge on any atom is 0.230 e. The van der Waals surface area contributed by atoms with E-state index in [4.69, 9.17) is 16.1 Å². The molecule has 94 valence electrons. The van der Waals surface area contributed by atoms with Crippen molar-refractivity contribution in [2.75, 3.05) is 0 Å². The number of hydrogen-bond acceptors (Lipinski definition) is 4. The SMILES string of the molecule is OC1CC(c2nc(-c3ccc(F)cc3Cl)no2)C1. The topological polar surface area (TPSA) is 59.2 Å². The summed E-state index contributed by atoms with van der Waals surface area (Å²) in [5, 5.41) is 13.3. The van der Waals surface area contributed by atoms with Crippen LogP contribution in [-0.2, 0) is 0 Å². The molecule has 1 aliphatic carbocycles. The average molecular weight is 269 g/mol. The predicted octanol–water partition coefficient (Wildman–Crippen LogP) is 2.77. The van der Waals surface area contributed by atoms with Crippen LogP contribution < -0.4 is 0 Å². The van der Waals surface area contributed by atoms with Gasteiger partial charge in [-0.1, -0.05) is 16.8 Å². The van der Waals surface area contributed by atoms with Crippen LogP contribution in [0.4, 0.5) is 4.39 Å². The van der Waals surface area contributed by atoms with Gasteiger partial charge < -0.3 is 9.63 Å². The first-order valence-corrected chi connectivity index (χ1v) is 5.98. The Morgan fingerprint density at radius 3 is 2.83 bits per heavy atom. The zero-order valence-corrected chi connectivity index (χ0v) is 10.1. The van der Waals surface area contributed by atoms with Crippen LogP contribution in [0.5, 0.6) is 0 Å². The minimum absolute atomic E-state index is 0.112. The first kappa shape index (κ1) is 11.6. The minimum Gasteiger partial charge on any atom is -0.393 e. The Kier molecular flexibility index (Phi) is 2.80. The number of hydrogen-bond donors (Lipinski definition) is 1. The molecule has 1 aromatic carbocycles. The summed E-state index contributed by atoms with van der Waals surface area (Å²) in [6.07, 6.45) is 0.997. The van der Waals surface area contributed by atoms with E-state index in [1.54, 1.807) is 0 Å². The summed E-state index contributed by atoms with van der Waals surface area (Å²) < 4.78 is 18.1. The van der Waals surface area contributed by atoms with Crippen molar-refractivity contribution in [3.63, 3.8) is 0 Å². The molecule has 6 heteroatoms. The maximum atomic E-state index is 12.9. The van der Waals surface area contributed by atoms with E-state index in [1.165, 1.54) is 18.2 Å². The molecular formula is C12H10ClFN2O2. The zero-order chi connectivity index (χ0) is 12.7. The van der Waals surface area contributed by atoms with Gasteiger partial charge in [-0.15, -0.1) is 0 Å². The highest BCUT2D eigenvalue weighted by molar-refractivity contribution is 6.33. The molecule has 1 aliphatic rings. The number of rotatable bonds is 2. The maximum absolute atomic E-state index is 12.9. The molecule has 0 spiro atoms. The van der Waals surface area contributed by atoms with Gasteiger partial charge in [-0.3, -0.25) is 0 Å². The molecule has 1 aromatic heterocycles. The third-order valence-corrected chi connectivity index (χ3v) is 3.39. The van der Waals surface area contributed by atoms with E-state index in [9.17, 15) is 9.50 Å². The summed E-state index contributed by atoms with van der Waals surface area (Å²) in [6.45, 7) is 0. The van der Waals surface area contributed by atoms with Crippen molar-refractivity contribution in [3.05, 3.63) is 34.9 Å². The van der Waals surface area contributed by atoms with Crippen molar-refractivity contribution < 1.29 is 14.0 Å². The van der Waals surface area contributed by atoms with Crippen LogP contribution in [0, 0.1) is 5.82 Å². The zero-order valence-electron chi connectivity index (χ0n) is 9.31. The third kappa shape index (κ3) is 2.00. The molecule has 1 fully saturated rings. The normalized spacial score (nSPS) is 22.8. The number of aliphatic hydroxyl groups excluding tert-OH is 1. The molecule has 1 N–H and O–H groups in total. The molecule has 3 rings (SSSR count). The number of benzene rings is 1. The second kappa shape index (κ2) is 4.33. The Labute approximate surface area is 107 Å². The van der Waals surface area contributed by atoms with Gasteiger partial charge >= 0.3 is 0 Å². The average Bonchev–Trinajstić information content (AvgIpc) is 2.73. The van der Waals surface area contributed by atoms with Crippen molar-refractivity contribution in [1.82, 2.24) is 10.1 Å². The van der Waals surface area contributed by atoms with Crippen LogP contribution in [0.15, 0.2) is 22.7 Å². The van der Waals surface area contributed by atoms with Gasteiger partial charge in [0.1, 0.15) is 5.82 Å². The quantitative estimate of drug-likeness (QED) is 0.910. The summed E-state index contributed by atoms with van der Waals surface area (Å²) in [6, 6.07) is 4.02. The lowest BCUT2D eigenvalue weighted by atomic mass is 9.82. The van der Waals surface area contributed by atoms with Gasteiger partial charge in [0.15, 0.2) is 0 Å². The van der Waals surface area contributed by atoms with Crippen LogP contribution in [0.1, 0.15) is 24.7 Å². The number of halogens is 2. The molecule has 0 atom stereocenters. The van der Waals surface area contributed by atoms with Gasteiger partial charge in [-0.2, -0.15) is 4.98 Å². The van der Waals surface area contributed by atoms with E-state index >= 15 is 0 Å². The Hall–Kier alpha value is -1.46. The van der Waals surface area contributed by atoms with Crippen molar-refractivity contribution >= 4 is 11.6 Å². The summed E-state index contributed by atoms with van der Waals surface area (Å²) >= 11 is 5.92. The fourth-order valence-electron chi connectivity index (χ4n) is 1.97. The lowest BCUT2D eigenvalue weighted by molar-refractivity contribution is 0.0625. The first-order valence-electron chi connectivity index (χ1n) is 5.60. The highest BCUT2D eigenvalue weighted by Gasteiger charge is 2.33. The van der Waals surface area contributed by atoms with Crippen molar-refractivity contribution in [2.45, 2.75) is 24.9 Å². The van der Waals surface area contributed by atoms with Crippen LogP contribution in [0.3, 0.4) is 0 Å². The van der Waals surface area contributed by atoms with E-state index < -0.39 is 5.82 Å². The van der Waals surface area contributed by atoms with E-state index in [0.29, 0.717) is 30.1 Å². The molecule has 0 saturated heterocycles. The lowest BCUT2D eigenvalue weighted by Gasteiger charge is -2.27. The molecule has 0 unspecified atom stereocenters. The first-order chi connectivity index (χ1) is 8.63. The monoisotopic (exact) mass is 268 g/mol. The second-order valence-corrected chi connectivity index (χ2v) is 4.81. The fraction of sp³-hybridized carbons (Fsp3) is 0.333. The van der Waals surface area contributed by atoms with Crippen LogP contribution >= 0.6 is 11.6 Å².